The normalized spacial score (nSPS) is 30.6. The molecule has 1 fully saturated rings. The highest BCUT2D eigenvalue weighted by molar-refractivity contribution is 8.02. The number of halogens is 3. The third kappa shape index (κ3) is 4.34. The van der Waals surface area contributed by atoms with Crippen molar-refractivity contribution < 1.29 is 42.5 Å². The number of carboxylic acid groups (broad SMARTS) is 2. The Morgan fingerprint density at radius 3 is 2.03 bits per heavy atom. The number of methoxy groups -OCH3 is 1. The SMILES string of the molecule is CCC1(C(=O)O)C(NC(=O)NCC(OC)C(F)(F)F)SC(C(=O)O)(C(C)(C)C)C1C. The van der Waals surface area contributed by atoms with Crippen LogP contribution in [0.5, 0.6) is 0 Å². The lowest BCUT2D eigenvalue weighted by molar-refractivity contribution is -0.210. The van der Waals surface area contributed by atoms with E-state index < -0.39 is 63.7 Å². The fourth-order valence-corrected chi connectivity index (χ4v) is 6.24. The molecule has 2 amide bonds. The summed E-state index contributed by atoms with van der Waals surface area (Å²) < 4.78 is 41.1. The molecule has 8 nitrogen and oxygen atoms in total. The molecular weight excluding hydrogens is 429 g/mol. The number of urea groups is 1. The maximum Gasteiger partial charge on any atom is 0.416 e. The fraction of sp³-hybridized carbons (Fsp3) is 0.833. The van der Waals surface area contributed by atoms with Crippen LogP contribution in [0.4, 0.5) is 18.0 Å². The predicted molar refractivity (Wildman–Crippen MR) is 104 cm³/mol. The zero-order valence-electron chi connectivity index (χ0n) is 17.7. The van der Waals surface area contributed by atoms with Crippen molar-refractivity contribution in [1.29, 1.82) is 0 Å². The molecule has 5 unspecified atom stereocenters. The average Bonchev–Trinajstić information content (AvgIpc) is 2.83. The monoisotopic (exact) mass is 458 g/mol. The van der Waals surface area contributed by atoms with E-state index in [1.165, 1.54) is 6.92 Å². The molecule has 1 aliphatic heterocycles. The van der Waals surface area contributed by atoms with Crippen molar-refractivity contribution in [3.8, 4) is 0 Å². The first-order chi connectivity index (χ1) is 13.5. The summed E-state index contributed by atoms with van der Waals surface area (Å²) in [5, 5.41) is 23.3. The van der Waals surface area contributed by atoms with Crippen LogP contribution in [0.3, 0.4) is 0 Å². The van der Waals surface area contributed by atoms with Crippen LogP contribution in [0.15, 0.2) is 0 Å². The second kappa shape index (κ2) is 8.81. The van der Waals surface area contributed by atoms with Gasteiger partial charge < -0.3 is 25.6 Å². The van der Waals surface area contributed by atoms with Gasteiger partial charge in [-0.1, -0.05) is 34.6 Å². The number of aliphatic carboxylic acids is 2. The van der Waals surface area contributed by atoms with Gasteiger partial charge in [-0.2, -0.15) is 13.2 Å². The number of carbonyl (C=O) groups is 3. The topological polar surface area (TPSA) is 125 Å². The number of hydrogen-bond acceptors (Lipinski definition) is 5. The molecule has 30 heavy (non-hydrogen) atoms. The molecule has 1 rings (SSSR count). The molecular formula is C18H29F3N2O6S. The minimum Gasteiger partial charge on any atom is -0.481 e. The van der Waals surface area contributed by atoms with E-state index in [0.29, 0.717) is 0 Å². The first kappa shape index (κ1) is 26.3. The number of ether oxygens (including phenoxy) is 1. The van der Waals surface area contributed by atoms with Crippen LogP contribution in [-0.2, 0) is 14.3 Å². The third-order valence-corrected chi connectivity index (χ3v) is 8.22. The Morgan fingerprint density at radius 2 is 1.70 bits per heavy atom. The molecule has 4 N–H and O–H groups in total. The molecule has 0 aromatic heterocycles. The van der Waals surface area contributed by atoms with Gasteiger partial charge in [-0.05, 0) is 11.8 Å². The second-order valence-corrected chi connectivity index (χ2v) is 9.68. The summed E-state index contributed by atoms with van der Waals surface area (Å²) >= 11 is 0.809. The van der Waals surface area contributed by atoms with Gasteiger partial charge in [-0.15, -0.1) is 11.8 Å². The Labute approximate surface area is 177 Å². The van der Waals surface area contributed by atoms with E-state index in [-0.39, 0.29) is 6.42 Å². The van der Waals surface area contributed by atoms with Crippen LogP contribution in [0.25, 0.3) is 0 Å². The average molecular weight is 458 g/mol. The van der Waals surface area contributed by atoms with Gasteiger partial charge in [0.25, 0.3) is 0 Å². The van der Waals surface area contributed by atoms with E-state index in [9.17, 15) is 37.8 Å². The zero-order chi connectivity index (χ0) is 23.7. The Morgan fingerprint density at radius 1 is 1.17 bits per heavy atom. The maximum absolute atomic E-state index is 12.8. The van der Waals surface area contributed by atoms with Gasteiger partial charge in [0, 0.05) is 13.0 Å². The van der Waals surface area contributed by atoms with E-state index in [0.717, 1.165) is 18.9 Å². The number of rotatable bonds is 7. The number of nitrogens with one attached hydrogen (secondary N) is 2. The van der Waals surface area contributed by atoms with Crippen molar-refractivity contribution >= 4 is 29.7 Å². The Kier molecular flexibility index (Phi) is 7.74. The van der Waals surface area contributed by atoms with Crippen LogP contribution in [0.2, 0.25) is 0 Å². The minimum atomic E-state index is -4.70. The summed E-state index contributed by atoms with van der Waals surface area (Å²) in [5.41, 5.74) is -2.53. The number of alkyl halides is 3. The molecule has 5 atom stereocenters. The van der Waals surface area contributed by atoms with Crippen molar-refractivity contribution in [3.63, 3.8) is 0 Å². The van der Waals surface area contributed by atoms with Crippen LogP contribution >= 0.6 is 11.8 Å². The number of thioether (sulfide) groups is 1. The van der Waals surface area contributed by atoms with E-state index in [2.05, 4.69) is 10.1 Å². The fourth-order valence-electron chi connectivity index (χ4n) is 4.15. The molecule has 12 heteroatoms. The lowest BCUT2D eigenvalue weighted by atomic mass is 9.61. The van der Waals surface area contributed by atoms with E-state index in [1.807, 2.05) is 5.32 Å². The minimum absolute atomic E-state index is 0.00973. The van der Waals surface area contributed by atoms with Gasteiger partial charge in [0.2, 0.25) is 0 Å². The van der Waals surface area contributed by atoms with Gasteiger partial charge in [-0.3, -0.25) is 9.59 Å². The smallest absolute Gasteiger partial charge is 0.416 e. The van der Waals surface area contributed by atoms with Crippen LogP contribution in [0, 0.1) is 16.7 Å². The van der Waals surface area contributed by atoms with Gasteiger partial charge in [0.1, 0.15) is 10.2 Å². The summed E-state index contributed by atoms with van der Waals surface area (Å²) in [4.78, 5) is 36.9. The summed E-state index contributed by atoms with van der Waals surface area (Å²) in [5.74, 6) is -3.40. The van der Waals surface area contributed by atoms with Gasteiger partial charge in [0.15, 0.2) is 6.10 Å². The van der Waals surface area contributed by atoms with Crippen molar-refractivity contribution in [2.24, 2.45) is 16.7 Å². The van der Waals surface area contributed by atoms with Gasteiger partial charge >= 0.3 is 24.1 Å². The molecule has 0 saturated carbocycles. The standard InChI is InChI=1S/C18H29F3N2O6S/c1-7-16(12(24)25)9(2)17(13(26)27,15(3,4)5)30-11(16)23-14(28)22-8-10(29-6)18(19,20)21/h9-11H,7-8H2,1-6H3,(H,24,25)(H,26,27)(H2,22,23,28). The summed E-state index contributed by atoms with van der Waals surface area (Å²) in [7, 11) is 0.851. The predicted octanol–water partition coefficient (Wildman–Crippen LogP) is 2.92. The molecule has 0 aliphatic carbocycles. The number of hydrogen-bond donors (Lipinski definition) is 4. The van der Waals surface area contributed by atoms with Crippen LogP contribution < -0.4 is 10.6 Å². The number of carbonyl (C=O) groups excluding carboxylic acids is 1. The summed E-state index contributed by atoms with van der Waals surface area (Å²) in [6, 6.07) is -1.04. The number of carboxylic acids is 2. The highest BCUT2D eigenvalue weighted by Gasteiger charge is 2.71. The van der Waals surface area contributed by atoms with Crippen molar-refractivity contribution in [2.75, 3.05) is 13.7 Å². The van der Waals surface area contributed by atoms with Gasteiger partial charge in [-0.25, -0.2) is 4.79 Å². The molecule has 0 aromatic rings. The van der Waals surface area contributed by atoms with Crippen molar-refractivity contribution in [3.05, 3.63) is 0 Å². The van der Waals surface area contributed by atoms with E-state index >= 15 is 0 Å². The van der Waals surface area contributed by atoms with Crippen molar-refractivity contribution in [1.82, 2.24) is 10.6 Å². The molecule has 0 aromatic carbocycles. The van der Waals surface area contributed by atoms with E-state index in [1.54, 1.807) is 27.7 Å². The van der Waals surface area contributed by atoms with Crippen LogP contribution in [0.1, 0.15) is 41.0 Å². The third-order valence-electron chi connectivity index (χ3n) is 5.93. The maximum atomic E-state index is 12.8. The highest BCUT2D eigenvalue weighted by Crippen LogP contribution is 2.64. The lowest BCUT2D eigenvalue weighted by Gasteiger charge is -2.43. The molecule has 1 saturated heterocycles. The second-order valence-electron chi connectivity index (χ2n) is 8.33. The zero-order valence-corrected chi connectivity index (χ0v) is 18.5. The highest BCUT2D eigenvalue weighted by atomic mass is 32.2. The van der Waals surface area contributed by atoms with Crippen LogP contribution in [-0.4, -0.2) is 64.2 Å². The first-order valence-electron chi connectivity index (χ1n) is 9.30. The summed E-state index contributed by atoms with van der Waals surface area (Å²) in [6.45, 7) is 7.22. The summed E-state index contributed by atoms with van der Waals surface area (Å²) in [6.07, 6.45) is -6.92. The molecule has 0 spiro atoms. The van der Waals surface area contributed by atoms with E-state index in [4.69, 9.17) is 0 Å². The lowest BCUT2D eigenvalue weighted by Crippen LogP contribution is -2.56. The van der Waals surface area contributed by atoms with Gasteiger partial charge in [0.05, 0.1) is 11.9 Å². The molecule has 1 aliphatic rings. The largest absolute Gasteiger partial charge is 0.481 e. The Balaban J connectivity index is 3.25. The van der Waals surface area contributed by atoms with Crippen molar-refractivity contribution in [2.45, 2.75) is 63.4 Å². The Hall–Kier alpha value is -1.69. The first-order valence-corrected chi connectivity index (χ1v) is 10.2. The molecule has 0 bridgehead atoms. The molecule has 0 radical (unpaired) electrons. The molecule has 1 heterocycles. The molecule has 174 valence electrons. The number of amides is 2. The quantitative estimate of drug-likeness (QED) is 0.462. The Bertz CT molecular complexity index is 684.